The first kappa shape index (κ1) is 12.7. The maximum atomic E-state index is 11.9. The van der Waals surface area contributed by atoms with Crippen LogP contribution in [0.3, 0.4) is 0 Å². The smallest absolute Gasteiger partial charge is 0.269 e. The SMILES string of the molecule is CNC(=O)c1cncn1[C@@H]1CCC[C@H]2CCCC[C@@H]21. The van der Waals surface area contributed by atoms with Crippen LogP contribution in [-0.4, -0.2) is 22.5 Å². The van der Waals surface area contributed by atoms with Gasteiger partial charge in [-0.3, -0.25) is 4.79 Å². The molecule has 0 radical (unpaired) electrons. The van der Waals surface area contributed by atoms with E-state index in [1.807, 2.05) is 6.33 Å². The Balaban J connectivity index is 1.88. The third-order valence-corrected chi connectivity index (χ3v) is 5.02. The lowest BCUT2D eigenvalue weighted by atomic mass is 9.68. The fourth-order valence-corrected chi connectivity index (χ4v) is 4.12. The molecule has 0 unspecified atom stereocenters. The van der Waals surface area contributed by atoms with E-state index in [2.05, 4.69) is 14.9 Å². The van der Waals surface area contributed by atoms with Gasteiger partial charge in [0.25, 0.3) is 5.91 Å². The lowest BCUT2D eigenvalue weighted by Gasteiger charge is -2.42. The van der Waals surface area contributed by atoms with Gasteiger partial charge in [0.1, 0.15) is 5.69 Å². The van der Waals surface area contributed by atoms with Crippen molar-refractivity contribution in [2.45, 2.75) is 51.0 Å². The predicted octanol–water partition coefficient (Wildman–Crippen LogP) is 2.77. The maximum Gasteiger partial charge on any atom is 0.269 e. The van der Waals surface area contributed by atoms with Crippen molar-refractivity contribution in [2.75, 3.05) is 7.05 Å². The highest BCUT2D eigenvalue weighted by Crippen LogP contribution is 2.46. The Morgan fingerprint density at radius 1 is 1.26 bits per heavy atom. The molecule has 0 spiro atoms. The van der Waals surface area contributed by atoms with Gasteiger partial charge in [0, 0.05) is 13.1 Å². The van der Waals surface area contributed by atoms with Crippen molar-refractivity contribution >= 4 is 5.91 Å². The van der Waals surface area contributed by atoms with Crippen LogP contribution in [0.15, 0.2) is 12.5 Å². The third-order valence-electron chi connectivity index (χ3n) is 5.02. The first-order chi connectivity index (χ1) is 9.31. The van der Waals surface area contributed by atoms with Gasteiger partial charge in [-0.05, 0) is 24.7 Å². The minimum atomic E-state index is -0.0181. The maximum absolute atomic E-state index is 11.9. The number of hydrogen-bond acceptors (Lipinski definition) is 2. The molecule has 2 aliphatic carbocycles. The van der Waals surface area contributed by atoms with Crippen molar-refractivity contribution in [1.82, 2.24) is 14.9 Å². The molecule has 0 aliphatic heterocycles. The molecule has 0 saturated heterocycles. The van der Waals surface area contributed by atoms with Gasteiger partial charge >= 0.3 is 0 Å². The van der Waals surface area contributed by atoms with E-state index < -0.39 is 0 Å². The number of nitrogens with one attached hydrogen (secondary N) is 1. The monoisotopic (exact) mass is 261 g/mol. The average molecular weight is 261 g/mol. The topological polar surface area (TPSA) is 46.9 Å². The number of carbonyl (C=O) groups excluding carboxylic acids is 1. The van der Waals surface area contributed by atoms with Crippen LogP contribution < -0.4 is 5.32 Å². The molecule has 4 heteroatoms. The molecule has 0 bridgehead atoms. The van der Waals surface area contributed by atoms with E-state index >= 15 is 0 Å². The van der Waals surface area contributed by atoms with Gasteiger partial charge in [0.2, 0.25) is 0 Å². The summed E-state index contributed by atoms with van der Waals surface area (Å²) in [6.07, 6.45) is 12.9. The molecule has 0 aromatic carbocycles. The summed E-state index contributed by atoms with van der Waals surface area (Å²) in [5.74, 6) is 1.60. The van der Waals surface area contributed by atoms with Crippen molar-refractivity contribution in [3.8, 4) is 0 Å². The van der Waals surface area contributed by atoms with E-state index in [1.165, 1.54) is 44.9 Å². The average Bonchev–Trinajstić information content (AvgIpc) is 2.95. The van der Waals surface area contributed by atoms with Crippen molar-refractivity contribution < 1.29 is 4.79 Å². The summed E-state index contributed by atoms with van der Waals surface area (Å²) in [4.78, 5) is 16.1. The number of aromatic nitrogens is 2. The normalized spacial score (nSPS) is 30.7. The number of amides is 1. The summed E-state index contributed by atoms with van der Waals surface area (Å²) in [6, 6.07) is 0.480. The zero-order chi connectivity index (χ0) is 13.2. The molecular formula is C15H23N3O. The Hall–Kier alpha value is -1.32. The first-order valence-corrected chi connectivity index (χ1v) is 7.55. The molecule has 1 heterocycles. The second kappa shape index (κ2) is 5.35. The van der Waals surface area contributed by atoms with Gasteiger partial charge < -0.3 is 9.88 Å². The van der Waals surface area contributed by atoms with Crippen LogP contribution in [0.4, 0.5) is 0 Å². The number of nitrogens with zero attached hydrogens (tertiary/aromatic N) is 2. The third kappa shape index (κ3) is 2.28. The summed E-state index contributed by atoms with van der Waals surface area (Å²) in [5.41, 5.74) is 0.721. The van der Waals surface area contributed by atoms with Crippen molar-refractivity contribution in [3.63, 3.8) is 0 Å². The number of imidazole rings is 1. The number of fused-ring (bicyclic) bond motifs is 1. The van der Waals surface area contributed by atoms with E-state index in [4.69, 9.17) is 0 Å². The molecule has 4 nitrogen and oxygen atoms in total. The standard InChI is InChI=1S/C15H23N3O/c1-16-15(19)14-9-17-10-18(14)13-8-4-6-11-5-2-3-7-12(11)13/h9-13H,2-8H2,1H3,(H,16,19)/t11-,12+,13-/m1/s1. The summed E-state index contributed by atoms with van der Waals surface area (Å²) in [6.45, 7) is 0. The van der Waals surface area contributed by atoms with Gasteiger partial charge in [0.05, 0.1) is 12.5 Å². The number of rotatable bonds is 2. The van der Waals surface area contributed by atoms with Gasteiger partial charge in [-0.15, -0.1) is 0 Å². The lowest BCUT2D eigenvalue weighted by Crippen LogP contribution is -2.34. The molecule has 1 amide bonds. The summed E-state index contributed by atoms with van der Waals surface area (Å²) < 4.78 is 2.14. The number of hydrogen-bond donors (Lipinski definition) is 1. The Morgan fingerprint density at radius 3 is 2.89 bits per heavy atom. The molecule has 2 saturated carbocycles. The summed E-state index contributed by atoms with van der Waals surface area (Å²) >= 11 is 0. The zero-order valence-corrected chi connectivity index (χ0v) is 11.6. The van der Waals surface area contributed by atoms with Gasteiger partial charge in [-0.2, -0.15) is 0 Å². The molecule has 19 heavy (non-hydrogen) atoms. The molecule has 1 aromatic heterocycles. The van der Waals surface area contributed by atoms with Crippen LogP contribution in [0.25, 0.3) is 0 Å². The van der Waals surface area contributed by atoms with Crippen molar-refractivity contribution in [2.24, 2.45) is 11.8 Å². The van der Waals surface area contributed by atoms with Crippen LogP contribution in [-0.2, 0) is 0 Å². The van der Waals surface area contributed by atoms with E-state index in [0.717, 1.165) is 17.5 Å². The highest BCUT2D eigenvalue weighted by atomic mass is 16.1. The Kier molecular flexibility index (Phi) is 3.58. The summed E-state index contributed by atoms with van der Waals surface area (Å²) in [5, 5.41) is 2.72. The van der Waals surface area contributed by atoms with E-state index in [1.54, 1.807) is 13.2 Å². The van der Waals surface area contributed by atoms with Crippen molar-refractivity contribution in [1.29, 1.82) is 0 Å². The fourth-order valence-electron chi connectivity index (χ4n) is 4.12. The molecule has 2 aliphatic rings. The zero-order valence-electron chi connectivity index (χ0n) is 11.6. The first-order valence-electron chi connectivity index (χ1n) is 7.55. The lowest BCUT2D eigenvalue weighted by molar-refractivity contribution is 0.0903. The number of carbonyl (C=O) groups is 1. The molecule has 3 atom stereocenters. The van der Waals surface area contributed by atoms with Gasteiger partial charge in [-0.1, -0.05) is 32.1 Å². The molecule has 1 N–H and O–H groups in total. The second-order valence-corrected chi connectivity index (χ2v) is 5.97. The van der Waals surface area contributed by atoms with Crippen LogP contribution in [0.5, 0.6) is 0 Å². The Labute approximate surface area is 114 Å². The summed E-state index contributed by atoms with van der Waals surface area (Å²) in [7, 11) is 1.68. The predicted molar refractivity (Wildman–Crippen MR) is 74.0 cm³/mol. The molecule has 104 valence electrons. The van der Waals surface area contributed by atoms with Gasteiger partial charge in [0.15, 0.2) is 0 Å². The fraction of sp³-hybridized carbons (Fsp3) is 0.733. The second-order valence-electron chi connectivity index (χ2n) is 5.97. The van der Waals surface area contributed by atoms with Crippen LogP contribution in [0.1, 0.15) is 61.5 Å². The van der Waals surface area contributed by atoms with Crippen LogP contribution >= 0.6 is 0 Å². The van der Waals surface area contributed by atoms with Crippen LogP contribution in [0.2, 0.25) is 0 Å². The highest BCUT2D eigenvalue weighted by Gasteiger charge is 2.36. The molecule has 1 aromatic rings. The Bertz CT molecular complexity index is 452. The van der Waals surface area contributed by atoms with Crippen molar-refractivity contribution in [3.05, 3.63) is 18.2 Å². The minimum absolute atomic E-state index is 0.0181. The molecular weight excluding hydrogens is 238 g/mol. The van der Waals surface area contributed by atoms with Gasteiger partial charge in [-0.25, -0.2) is 4.98 Å². The molecule has 3 rings (SSSR count). The van der Waals surface area contributed by atoms with E-state index in [0.29, 0.717) is 6.04 Å². The Morgan fingerprint density at radius 2 is 2.05 bits per heavy atom. The molecule has 2 fully saturated rings. The van der Waals surface area contributed by atoms with E-state index in [9.17, 15) is 4.79 Å². The quantitative estimate of drug-likeness (QED) is 0.890. The minimum Gasteiger partial charge on any atom is -0.354 e. The largest absolute Gasteiger partial charge is 0.354 e. The van der Waals surface area contributed by atoms with Crippen LogP contribution in [0, 0.1) is 11.8 Å². The highest BCUT2D eigenvalue weighted by molar-refractivity contribution is 5.92. The van der Waals surface area contributed by atoms with E-state index in [-0.39, 0.29) is 5.91 Å².